The van der Waals surface area contributed by atoms with Gasteiger partial charge in [-0.15, -0.1) is 17.3 Å². The van der Waals surface area contributed by atoms with E-state index >= 15 is 0 Å². The maximum Gasteiger partial charge on any atom is 0.159 e. The van der Waals surface area contributed by atoms with Gasteiger partial charge in [0.25, 0.3) is 0 Å². The molecule has 2 bridgehead atoms. The number of nitrogens with two attached hydrogens (primary N) is 2. The average molecular weight is 486 g/mol. The second kappa shape index (κ2) is 10.6. The molecule has 2 aromatic rings. The van der Waals surface area contributed by atoms with E-state index in [4.69, 9.17) is 22.6 Å². The van der Waals surface area contributed by atoms with Crippen molar-refractivity contribution in [2.75, 3.05) is 6.54 Å². The molecule has 7 nitrogen and oxygen atoms in total. The van der Waals surface area contributed by atoms with E-state index < -0.39 is 5.82 Å². The second-order valence-corrected chi connectivity index (χ2v) is 8.02. The minimum absolute atomic E-state index is 0. The zero-order valence-corrected chi connectivity index (χ0v) is 20.3. The molecule has 1 aromatic heterocycles. The van der Waals surface area contributed by atoms with E-state index in [0.29, 0.717) is 17.6 Å². The largest absolute Gasteiger partial charge is 0.699 e. The van der Waals surface area contributed by atoms with E-state index in [9.17, 15) is 4.39 Å². The van der Waals surface area contributed by atoms with E-state index in [1.807, 2.05) is 13.0 Å². The standard InChI is InChI=1S/C11H9FN3.C10H19N4.Y/c1-7-2-3-9(13)4-10(7)11-14-5-8(12)6-15-11;1-8-4-9-6-10(5-8,13-9)7-14(12)3-2-11;/h2-6,13H,1H3;2-3,8-9H,4-7,11-12H2,1H3;/q2*-1;/b;3-2-;. The summed E-state index contributed by atoms with van der Waals surface area (Å²) < 4.78 is 12.6. The van der Waals surface area contributed by atoms with Gasteiger partial charge in [-0.3, -0.25) is 0 Å². The summed E-state index contributed by atoms with van der Waals surface area (Å²) in [4.78, 5) is 7.76. The van der Waals surface area contributed by atoms with Gasteiger partial charge in [-0.05, 0) is 18.4 Å². The number of halogens is 1. The van der Waals surface area contributed by atoms with E-state index in [1.54, 1.807) is 23.3 Å². The molecule has 1 saturated carbocycles. The number of hydrogen-bond donors (Lipinski definition) is 2. The molecule has 2 saturated heterocycles. The SMILES string of the molecule is CC1CC2CC(CN(N)/C=C\N)(C1)[N-]2.Cc1ccc([NH-])cc1-c1ncc(F)cn1.[Y]. The smallest absolute Gasteiger partial charge is 0.159 e. The van der Waals surface area contributed by atoms with Crippen molar-refractivity contribution in [2.24, 2.45) is 17.5 Å². The van der Waals surface area contributed by atoms with Crippen LogP contribution in [-0.2, 0) is 32.7 Å². The summed E-state index contributed by atoms with van der Waals surface area (Å²) in [5.41, 5.74) is 15.0. The van der Waals surface area contributed by atoms with E-state index in [0.717, 1.165) is 36.0 Å². The Bertz CT molecular complexity index is 853. The van der Waals surface area contributed by atoms with Crippen LogP contribution in [0.4, 0.5) is 10.1 Å². The molecule has 159 valence electrons. The number of benzene rings is 1. The molecule has 3 atom stereocenters. The molecule has 3 fully saturated rings. The zero-order chi connectivity index (χ0) is 21.0. The normalized spacial score (nSPS) is 24.3. The molecule has 0 amide bonds. The molecule has 3 heterocycles. The van der Waals surface area contributed by atoms with E-state index in [-0.39, 0.29) is 38.2 Å². The molecule has 5 N–H and O–H groups in total. The Kier molecular flexibility index (Phi) is 8.73. The maximum atomic E-state index is 12.6. The van der Waals surface area contributed by atoms with Gasteiger partial charge in [-0.25, -0.2) is 20.2 Å². The van der Waals surface area contributed by atoms with Crippen LogP contribution in [0.5, 0.6) is 0 Å². The minimum Gasteiger partial charge on any atom is -0.699 e. The predicted octanol–water partition coefficient (Wildman–Crippen LogP) is 4.18. The Morgan fingerprint density at radius 2 is 2.00 bits per heavy atom. The number of fused-ring (bicyclic) bond motifs is 2. The third-order valence-corrected chi connectivity index (χ3v) is 5.33. The van der Waals surface area contributed by atoms with Gasteiger partial charge in [-0.1, -0.05) is 44.4 Å². The third kappa shape index (κ3) is 6.20. The Hall–Kier alpha value is -1.61. The molecule has 2 aliphatic heterocycles. The summed E-state index contributed by atoms with van der Waals surface area (Å²) in [6.45, 7) is 5.01. The Morgan fingerprint density at radius 1 is 1.33 bits per heavy atom. The Morgan fingerprint density at radius 3 is 2.60 bits per heavy atom. The quantitative estimate of drug-likeness (QED) is 0.497. The summed E-state index contributed by atoms with van der Waals surface area (Å²) in [7, 11) is 0. The van der Waals surface area contributed by atoms with E-state index in [2.05, 4.69) is 16.9 Å². The maximum absolute atomic E-state index is 12.6. The van der Waals surface area contributed by atoms with Gasteiger partial charge in [0.1, 0.15) is 0 Å². The monoisotopic (exact) mass is 486 g/mol. The molecule has 1 aromatic carbocycles. The number of aromatic nitrogens is 2. The van der Waals surface area contributed by atoms with Crippen LogP contribution in [0.25, 0.3) is 22.4 Å². The molecule has 1 radical (unpaired) electrons. The van der Waals surface area contributed by atoms with Crippen molar-refractivity contribution in [3.05, 3.63) is 65.4 Å². The summed E-state index contributed by atoms with van der Waals surface area (Å²) in [5.74, 6) is 6.56. The van der Waals surface area contributed by atoms with Crippen molar-refractivity contribution >= 4 is 5.69 Å². The number of nitrogens with zero attached hydrogens (tertiary/aromatic N) is 4. The Balaban J connectivity index is 0.000000207. The molecule has 9 heteroatoms. The van der Waals surface area contributed by atoms with Crippen LogP contribution < -0.4 is 11.6 Å². The first-order chi connectivity index (χ1) is 13.8. The fourth-order valence-corrected chi connectivity index (χ4v) is 4.27. The van der Waals surface area contributed by atoms with Crippen molar-refractivity contribution in [1.82, 2.24) is 15.0 Å². The van der Waals surface area contributed by atoms with Crippen molar-refractivity contribution in [2.45, 2.75) is 44.7 Å². The van der Waals surface area contributed by atoms with Gasteiger partial charge in [-0.2, -0.15) is 0 Å². The number of hydrazine groups is 1. The predicted molar refractivity (Wildman–Crippen MR) is 113 cm³/mol. The minimum atomic E-state index is -0.460. The van der Waals surface area contributed by atoms with Gasteiger partial charge in [0.15, 0.2) is 11.6 Å². The van der Waals surface area contributed by atoms with Crippen LogP contribution in [-0.4, -0.2) is 33.1 Å². The number of aryl methyl sites for hydroxylation is 1. The van der Waals surface area contributed by atoms with Crippen molar-refractivity contribution in [1.29, 1.82) is 0 Å². The topological polar surface area (TPSA) is 119 Å². The molecule has 3 aliphatic rings. The fraction of sp³-hybridized carbons (Fsp3) is 0.429. The number of rotatable bonds is 4. The van der Waals surface area contributed by atoms with Crippen LogP contribution in [0, 0.1) is 18.7 Å². The van der Waals surface area contributed by atoms with Gasteiger partial charge in [0.2, 0.25) is 0 Å². The first kappa shape index (κ1) is 24.7. The average Bonchev–Trinajstić information content (AvgIpc) is 2.64. The van der Waals surface area contributed by atoms with Crippen molar-refractivity contribution in [3.63, 3.8) is 0 Å². The van der Waals surface area contributed by atoms with Crippen LogP contribution in [0.1, 0.15) is 31.7 Å². The van der Waals surface area contributed by atoms with Gasteiger partial charge < -0.3 is 21.8 Å². The van der Waals surface area contributed by atoms with Crippen LogP contribution >= 0.6 is 0 Å². The molecule has 0 spiro atoms. The van der Waals surface area contributed by atoms with Gasteiger partial charge >= 0.3 is 0 Å². The summed E-state index contributed by atoms with van der Waals surface area (Å²) >= 11 is 0. The third-order valence-electron chi connectivity index (χ3n) is 5.33. The zero-order valence-electron chi connectivity index (χ0n) is 17.4. The van der Waals surface area contributed by atoms with Gasteiger partial charge in [0.05, 0.1) is 12.4 Å². The van der Waals surface area contributed by atoms with Crippen LogP contribution in [0.2, 0.25) is 0 Å². The molecular weight excluding hydrogens is 458 g/mol. The van der Waals surface area contributed by atoms with Crippen LogP contribution in [0.15, 0.2) is 43.0 Å². The van der Waals surface area contributed by atoms with Crippen molar-refractivity contribution < 1.29 is 37.1 Å². The number of hydrogen-bond acceptors (Lipinski definition) is 5. The van der Waals surface area contributed by atoms with E-state index in [1.165, 1.54) is 25.5 Å². The van der Waals surface area contributed by atoms with Gasteiger partial charge in [0, 0.05) is 57.2 Å². The summed E-state index contributed by atoms with van der Waals surface area (Å²) in [5, 5.41) is 6.39. The molecule has 5 rings (SSSR count). The van der Waals surface area contributed by atoms with Crippen molar-refractivity contribution in [3.8, 4) is 11.4 Å². The fourth-order valence-electron chi connectivity index (χ4n) is 4.27. The first-order valence-electron chi connectivity index (χ1n) is 9.72. The summed E-state index contributed by atoms with van der Waals surface area (Å²) in [6, 6.07) is 5.80. The molecule has 3 unspecified atom stereocenters. The molecule has 30 heavy (non-hydrogen) atoms. The number of nitrogens with one attached hydrogen (secondary N) is 1. The summed E-state index contributed by atoms with van der Waals surface area (Å²) in [6.07, 6.45) is 9.07. The number of piperidine rings is 1. The molecule has 1 aliphatic carbocycles. The molecular formula is C21H28FN7Y-2. The van der Waals surface area contributed by atoms with Crippen LogP contribution in [0.3, 0.4) is 0 Å². The second-order valence-electron chi connectivity index (χ2n) is 8.02. The first-order valence-corrected chi connectivity index (χ1v) is 9.72. The Labute approximate surface area is 202 Å².